The van der Waals surface area contributed by atoms with Gasteiger partial charge in [0.2, 0.25) is 0 Å². The number of benzene rings is 6. The first-order chi connectivity index (χ1) is 66.2. The summed E-state index contributed by atoms with van der Waals surface area (Å²) < 4.78 is 71.4. The maximum absolute atomic E-state index is 12.8. The average molecular weight is 1860 g/mol. The minimum Gasteiger partial charge on any atom is -0.491 e. The number of ether oxygens (including phenoxy) is 10. The Morgan fingerprint density at radius 3 is 0.971 bits per heavy atom. The van der Waals surface area contributed by atoms with Crippen molar-refractivity contribution in [3.05, 3.63) is 233 Å². The van der Waals surface area contributed by atoms with Gasteiger partial charge in [0.25, 0.3) is 0 Å². The highest BCUT2D eigenvalue weighted by Crippen LogP contribution is 2.41. The average Bonchev–Trinajstić information content (AvgIpc) is 1.62. The monoisotopic (exact) mass is 1860 g/mol. The molecule has 0 radical (unpaired) electrons. The zero-order chi connectivity index (χ0) is 94.3. The Hall–Kier alpha value is -12.5. The summed E-state index contributed by atoms with van der Waals surface area (Å²) in [6, 6.07) is 49.6. The summed E-state index contributed by atoms with van der Waals surface area (Å²) in [4.78, 5) is 57.5. The van der Waals surface area contributed by atoms with Gasteiger partial charge < -0.3 is 76.8 Å². The zero-order valence-corrected chi connectivity index (χ0v) is 79.8. The fourth-order valence-corrected chi connectivity index (χ4v) is 18.5. The lowest BCUT2D eigenvalue weighted by Gasteiger charge is -2.37. The second-order valence-corrected chi connectivity index (χ2v) is 36.8. The second kappa shape index (κ2) is 43.7. The van der Waals surface area contributed by atoms with E-state index in [9.17, 15) is 14.4 Å². The van der Waals surface area contributed by atoms with Crippen LogP contribution in [0.1, 0.15) is 126 Å². The van der Waals surface area contributed by atoms with E-state index in [2.05, 4.69) is 197 Å². The molecule has 7 saturated heterocycles. The molecule has 9 atom stereocenters. The summed E-state index contributed by atoms with van der Waals surface area (Å²) >= 11 is 0. The lowest BCUT2D eigenvalue weighted by Crippen LogP contribution is -2.47. The largest absolute Gasteiger partial charge is 0.491 e. The van der Waals surface area contributed by atoms with E-state index in [1.54, 1.807) is 98.3 Å². The Morgan fingerprint density at radius 2 is 0.640 bits per heavy atom. The van der Waals surface area contributed by atoms with Crippen LogP contribution in [0.25, 0.3) is 17.1 Å². The first-order valence-corrected chi connectivity index (χ1v) is 48.2. The fraction of sp³-hybridized carbons (Fsp3) is 0.515. The van der Waals surface area contributed by atoms with Gasteiger partial charge in [-0.1, -0.05) is 48.5 Å². The number of anilines is 6. The van der Waals surface area contributed by atoms with E-state index in [1.807, 2.05) is 93.6 Å². The first kappa shape index (κ1) is 95.2. The quantitative estimate of drug-likeness (QED) is 0.0361. The zero-order valence-electron chi connectivity index (χ0n) is 79.8. The van der Waals surface area contributed by atoms with Crippen LogP contribution < -0.4 is 60.7 Å². The number of aromatic nitrogens is 18. The summed E-state index contributed by atoms with van der Waals surface area (Å²) in [5, 5.41) is 38.4. The van der Waals surface area contributed by atoms with Gasteiger partial charge in [0.15, 0.2) is 17.4 Å². The molecule has 724 valence electrons. The third kappa shape index (κ3) is 22.6. The molecule has 37 nitrogen and oxygen atoms in total. The van der Waals surface area contributed by atoms with Gasteiger partial charge in [0.1, 0.15) is 94.0 Å². The first-order valence-electron chi connectivity index (χ1n) is 48.2. The molecule has 0 bridgehead atoms. The topological polar surface area (TPSA) is 323 Å². The maximum atomic E-state index is 12.8. The highest BCUT2D eigenvalue weighted by Gasteiger charge is 2.50. The molecule has 0 N–H and O–H groups in total. The van der Waals surface area contributed by atoms with Gasteiger partial charge in [-0.2, -0.15) is 60.3 Å². The summed E-state index contributed by atoms with van der Waals surface area (Å²) in [5.74, 6) is 0.883. The van der Waals surface area contributed by atoms with E-state index in [-0.39, 0.29) is 65.3 Å². The van der Waals surface area contributed by atoms with Crippen LogP contribution in [0.3, 0.4) is 0 Å². The van der Waals surface area contributed by atoms with Gasteiger partial charge in [-0.15, -0.1) is 0 Å². The molecule has 37 heteroatoms. The molecule has 9 unspecified atom stereocenters. The number of piperazine rings is 3. The lowest BCUT2D eigenvalue weighted by molar-refractivity contribution is -0.231. The number of rotatable bonds is 34. The van der Waals surface area contributed by atoms with Crippen LogP contribution in [0.2, 0.25) is 0 Å². The second-order valence-electron chi connectivity index (χ2n) is 36.8. The minimum atomic E-state index is -0.776. The van der Waals surface area contributed by atoms with Crippen LogP contribution in [0, 0.1) is 17.8 Å². The predicted octanol–water partition coefficient (Wildman–Crippen LogP) is 11.5. The molecule has 0 saturated carbocycles. The SMILES string of the molecule is CCC(C)n1ncn(-c2ccc(N3CCN(c4ccc(OCC5COC(CC(C)C)(Cn6nccn6)O5)cc4)CC3)cc2)c1=O.CCC(C)n1ncn(-c2ccc(N3CCN(c4ccc(OCC5COC(Cn6nccn6)(C(C)C)O5)cc4)CC3)cc2)c1=O.CCC(C)n1ncn(-c2ccc(N3CCN(c4ccc(OCC5COC(Cn6nccn6)(C6CCOCC6)O5)cc4)CC3)cc2)c1=O. The molecular formula is C99H130N24O13. The van der Waals surface area contributed by atoms with Crippen molar-refractivity contribution in [2.75, 3.05) is 161 Å². The molecule has 7 aliphatic rings. The van der Waals surface area contributed by atoms with Gasteiger partial charge in [0.05, 0.1) is 92.2 Å². The third-order valence-corrected chi connectivity index (χ3v) is 27.0. The Morgan fingerprint density at radius 1 is 0.346 bits per heavy atom. The smallest absolute Gasteiger partial charge is 0.350 e. The van der Waals surface area contributed by atoms with Crippen molar-refractivity contribution >= 4 is 34.1 Å². The number of hydrogen-bond acceptors (Lipinski definition) is 28. The molecule has 7 aliphatic heterocycles. The van der Waals surface area contributed by atoms with Gasteiger partial charge in [-0.05, 0) is 204 Å². The van der Waals surface area contributed by atoms with E-state index < -0.39 is 17.4 Å². The van der Waals surface area contributed by atoms with Crippen LogP contribution in [-0.4, -0.2) is 255 Å². The van der Waals surface area contributed by atoms with Gasteiger partial charge >= 0.3 is 17.1 Å². The molecule has 6 aromatic carbocycles. The van der Waals surface area contributed by atoms with Gasteiger partial charge in [0, 0.05) is 144 Å². The van der Waals surface area contributed by atoms with Crippen molar-refractivity contribution in [2.24, 2.45) is 17.8 Å². The van der Waals surface area contributed by atoms with E-state index in [4.69, 9.17) is 47.4 Å². The highest BCUT2D eigenvalue weighted by molar-refractivity contribution is 5.58. The van der Waals surface area contributed by atoms with E-state index in [0.717, 1.165) is 168 Å². The van der Waals surface area contributed by atoms with E-state index in [1.165, 1.54) is 17.1 Å². The summed E-state index contributed by atoms with van der Waals surface area (Å²) in [5.41, 5.74) is 9.15. The van der Waals surface area contributed by atoms with Crippen LogP contribution >= 0.6 is 0 Å². The summed E-state index contributed by atoms with van der Waals surface area (Å²) in [7, 11) is 0. The molecular weight excluding hydrogens is 1730 g/mol. The van der Waals surface area contributed by atoms with Crippen LogP contribution in [-0.2, 0) is 52.8 Å². The van der Waals surface area contributed by atoms with Crippen molar-refractivity contribution in [1.29, 1.82) is 0 Å². The Bertz CT molecular complexity index is 5870. The van der Waals surface area contributed by atoms with Crippen molar-refractivity contribution in [1.82, 2.24) is 88.0 Å². The van der Waals surface area contributed by atoms with Crippen LogP contribution in [0.15, 0.2) is 216 Å². The van der Waals surface area contributed by atoms with Crippen molar-refractivity contribution in [3.8, 4) is 34.3 Å². The van der Waals surface area contributed by atoms with Crippen molar-refractivity contribution in [3.63, 3.8) is 0 Å². The van der Waals surface area contributed by atoms with Gasteiger partial charge in [-0.3, -0.25) is 0 Å². The molecule has 6 aromatic heterocycles. The van der Waals surface area contributed by atoms with E-state index in [0.29, 0.717) is 78.4 Å². The van der Waals surface area contributed by atoms with E-state index >= 15 is 0 Å². The summed E-state index contributed by atoms with van der Waals surface area (Å²) in [6.45, 7) is 37.0. The normalized spacial score (nSPS) is 21.8. The molecule has 0 spiro atoms. The summed E-state index contributed by atoms with van der Waals surface area (Å²) in [6.07, 6.45) is 19.4. The molecule has 19 rings (SSSR count). The van der Waals surface area contributed by atoms with Crippen molar-refractivity contribution < 1.29 is 47.4 Å². The Balaban J connectivity index is 0.000000142. The Labute approximate surface area is 792 Å². The number of nitrogens with zero attached hydrogens (tertiary/aromatic N) is 24. The molecule has 0 amide bonds. The Kier molecular flexibility index (Phi) is 30.6. The minimum absolute atomic E-state index is 0.0740. The van der Waals surface area contributed by atoms with Crippen molar-refractivity contribution in [2.45, 2.75) is 181 Å². The number of hydrogen-bond donors (Lipinski definition) is 0. The highest BCUT2D eigenvalue weighted by atomic mass is 16.8. The lowest BCUT2D eigenvalue weighted by atomic mass is 9.90. The maximum Gasteiger partial charge on any atom is 0.350 e. The standard InChI is InChI=1S/C34H44N8O5.C33H44N8O4.C32H42N8O4/c1-3-26(2)42-33(43)40(25-37-42)30-6-4-28(5-7-30)38-16-18-39(19-17-38)29-8-10-31(11-9-29)45-22-32-23-46-34(47-32,24-41-35-14-15-36-41)27-12-20-44-21-13-27;1-5-26(4)41-32(42)39(24-36-41)29-8-6-27(7-9-29)37-16-18-38(19-17-37)28-10-12-30(13-11-28)43-21-31-22-44-33(45-31,20-25(2)3)23-40-34-14-15-35-40;1-5-25(4)40-31(41)38(23-35-40)28-8-6-26(7-9-28)36-16-18-37(19-17-36)27-10-12-29(13-11-27)42-20-30-21-43-32(44-30,24(2)3)22-39-33-14-15-34-39/h4-11,14-15,25-27,32H,3,12-13,16-24H2,1-2H3;6-15,24-26,31H,5,16-23H2,1-4H3;6-15,23-25,30H,5,16-22H2,1-4H3. The molecule has 13 heterocycles. The predicted molar refractivity (Wildman–Crippen MR) is 516 cm³/mol. The molecule has 0 aliphatic carbocycles. The van der Waals surface area contributed by atoms with Crippen LogP contribution in [0.4, 0.5) is 34.1 Å². The molecule has 136 heavy (non-hydrogen) atoms. The molecule has 7 fully saturated rings. The third-order valence-electron chi connectivity index (χ3n) is 27.0. The fourth-order valence-electron chi connectivity index (χ4n) is 18.5. The van der Waals surface area contributed by atoms with Gasteiger partial charge in [-0.25, -0.2) is 42.1 Å². The van der Waals surface area contributed by atoms with Crippen LogP contribution in [0.5, 0.6) is 17.2 Å². The molecule has 12 aromatic rings.